The van der Waals surface area contributed by atoms with Gasteiger partial charge in [0.25, 0.3) is 0 Å². The van der Waals surface area contributed by atoms with Crippen LogP contribution < -0.4 is 10.5 Å². The van der Waals surface area contributed by atoms with Gasteiger partial charge < -0.3 is 19.7 Å². The van der Waals surface area contributed by atoms with Crippen molar-refractivity contribution in [3.05, 3.63) is 64.7 Å². The van der Waals surface area contributed by atoms with Crippen molar-refractivity contribution in [2.24, 2.45) is 0 Å². The number of aryl methyl sites for hydroxylation is 1. The van der Waals surface area contributed by atoms with Crippen molar-refractivity contribution in [3.8, 4) is 40.7 Å². The third-order valence-corrected chi connectivity index (χ3v) is 11.2. The minimum atomic E-state index is -0.466. The second-order valence-electron chi connectivity index (χ2n) is 14.1. The van der Waals surface area contributed by atoms with Gasteiger partial charge in [0.05, 0.1) is 29.8 Å². The Morgan fingerprint density at radius 1 is 1.12 bits per heavy atom. The van der Waals surface area contributed by atoms with Crippen molar-refractivity contribution in [2.75, 3.05) is 32.5 Å². The molecular weight excluding hydrogens is 634 g/mol. The predicted octanol–water partition coefficient (Wildman–Crippen LogP) is 4.42. The number of hydrogen-bond donors (Lipinski definition) is 1. The second-order valence-corrected chi connectivity index (χ2v) is 14.1. The maximum absolute atomic E-state index is 10.2. The summed E-state index contributed by atoms with van der Waals surface area (Å²) in [4.78, 5) is 12.3. The Morgan fingerprint density at radius 2 is 2.04 bits per heavy atom. The number of aromatic nitrogens is 8. The number of nitrogens with two attached hydrogens (primary N) is 1. The van der Waals surface area contributed by atoms with E-state index in [0.717, 1.165) is 87.0 Å². The van der Waals surface area contributed by atoms with Crippen molar-refractivity contribution in [1.82, 2.24) is 44.8 Å². The van der Waals surface area contributed by atoms with Crippen LogP contribution in [0.25, 0.3) is 28.7 Å². The summed E-state index contributed by atoms with van der Waals surface area (Å²) < 4.78 is 21.9. The normalized spacial score (nSPS) is 23.6. The van der Waals surface area contributed by atoms with Crippen molar-refractivity contribution >= 4 is 5.69 Å². The standard InChI is InChI=1S/C36H39N11O3/c1-21(29-6-4-14-45(29)2)49-31-17-30(46-15-10-27(42-46)28-19-47(44-41-28)23-11-16-48-20-23)39-35(40-31)33-24-5-3-12-36(34(24)50-43-33)13-9-22-7-8-26(38)25(18-37)32(22)36/h7-8,10,15,17,19,21,23,29H,3-6,9,11-14,16,20,38H2,1-2H3/t21-,23+,29-,36-/m0/s1. The van der Waals surface area contributed by atoms with E-state index in [1.54, 1.807) is 4.68 Å². The molecule has 4 aromatic heterocycles. The number of rotatable bonds is 7. The van der Waals surface area contributed by atoms with Crippen LogP contribution in [0.2, 0.25) is 0 Å². The van der Waals surface area contributed by atoms with Crippen LogP contribution in [-0.4, -0.2) is 83.8 Å². The van der Waals surface area contributed by atoms with Crippen molar-refractivity contribution < 1.29 is 14.0 Å². The maximum Gasteiger partial charge on any atom is 0.219 e. The second kappa shape index (κ2) is 12.0. The SMILES string of the molecule is C[C@H](Oc1cc(-n2ccc(-c3cn([C@@H]4CCOC4)nn3)n2)nc(-c2noc3c2CCC[C@@]32CCc3ccc(N)c(C#N)c32)n1)[C@@H]1CCCN1C. The molecule has 2 aliphatic heterocycles. The molecule has 256 valence electrons. The molecule has 5 aromatic rings. The molecule has 50 heavy (non-hydrogen) atoms. The van der Waals surface area contributed by atoms with Gasteiger partial charge in [-0.15, -0.1) is 5.10 Å². The minimum absolute atomic E-state index is 0.0970. The van der Waals surface area contributed by atoms with Gasteiger partial charge in [-0.2, -0.15) is 15.3 Å². The van der Waals surface area contributed by atoms with Crippen LogP contribution in [0.15, 0.2) is 41.2 Å². The van der Waals surface area contributed by atoms with Crippen LogP contribution in [0.1, 0.15) is 79.5 Å². The van der Waals surface area contributed by atoms with Gasteiger partial charge in [-0.1, -0.05) is 16.4 Å². The summed E-state index contributed by atoms with van der Waals surface area (Å²) >= 11 is 0. The number of hydrogen-bond acceptors (Lipinski definition) is 12. The first-order chi connectivity index (χ1) is 24.4. The monoisotopic (exact) mass is 673 g/mol. The Hall–Kier alpha value is -5.13. The number of likely N-dealkylation sites (tertiary alicyclic amines) is 1. The first kappa shape index (κ1) is 30.9. The average molecular weight is 674 g/mol. The van der Waals surface area contributed by atoms with Gasteiger partial charge in [-0.25, -0.2) is 14.3 Å². The lowest BCUT2D eigenvalue weighted by atomic mass is 9.68. The molecule has 1 aromatic carbocycles. The summed E-state index contributed by atoms with van der Waals surface area (Å²) in [5.41, 5.74) is 11.9. The van der Waals surface area contributed by atoms with Gasteiger partial charge in [-0.05, 0) is 95.1 Å². The van der Waals surface area contributed by atoms with E-state index in [4.69, 9.17) is 34.8 Å². The molecule has 2 saturated heterocycles. The molecule has 0 saturated carbocycles. The summed E-state index contributed by atoms with van der Waals surface area (Å²) in [5.74, 6) is 2.17. The summed E-state index contributed by atoms with van der Waals surface area (Å²) in [5, 5.41) is 28.4. The summed E-state index contributed by atoms with van der Waals surface area (Å²) in [6.45, 7) is 4.49. The summed E-state index contributed by atoms with van der Waals surface area (Å²) in [6.07, 6.45) is 11.0. The number of fused-ring (bicyclic) bond motifs is 4. The summed E-state index contributed by atoms with van der Waals surface area (Å²) in [7, 11) is 2.14. The third kappa shape index (κ3) is 4.98. The van der Waals surface area contributed by atoms with Crippen LogP contribution in [-0.2, 0) is 23.0 Å². The molecule has 14 heteroatoms. The zero-order valence-corrected chi connectivity index (χ0v) is 28.2. The van der Waals surface area contributed by atoms with E-state index in [1.807, 2.05) is 41.3 Å². The Labute approximate surface area is 289 Å². The quantitative estimate of drug-likeness (QED) is 0.242. The lowest BCUT2D eigenvalue weighted by Crippen LogP contribution is -2.38. The van der Waals surface area contributed by atoms with E-state index >= 15 is 0 Å². The molecule has 9 rings (SSSR count). The number of nitriles is 1. The van der Waals surface area contributed by atoms with E-state index in [0.29, 0.717) is 52.5 Å². The molecule has 2 fully saturated rings. The third-order valence-electron chi connectivity index (χ3n) is 11.2. The molecule has 0 radical (unpaired) electrons. The number of nitrogens with zero attached hydrogens (tertiary/aromatic N) is 10. The van der Waals surface area contributed by atoms with Gasteiger partial charge in [0.1, 0.15) is 23.6 Å². The fraction of sp³-hybridized carbons (Fsp3) is 0.472. The zero-order chi connectivity index (χ0) is 34.0. The number of ether oxygens (including phenoxy) is 2. The number of nitrogen functional groups attached to an aromatic ring is 1. The Balaban J connectivity index is 1.11. The molecule has 14 nitrogen and oxygen atoms in total. The van der Waals surface area contributed by atoms with Crippen molar-refractivity contribution in [2.45, 2.75) is 81.9 Å². The highest BCUT2D eigenvalue weighted by Crippen LogP contribution is 2.54. The van der Waals surface area contributed by atoms with Gasteiger partial charge in [0, 0.05) is 36.2 Å². The maximum atomic E-state index is 10.2. The van der Waals surface area contributed by atoms with Gasteiger partial charge in [-0.3, -0.25) is 4.90 Å². The average Bonchev–Trinajstić information content (AvgIpc) is 3.96. The highest BCUT2D eigenvalue weighted by atomic mass is 16.5. The molecule has 0 unspecified atom stereocenters. The first-order valence-corrected chi connectivity index (χ1v) is 17.5. The van der Waals surface area contributed by atoms with Crippen LogP contribution >= 0.6 is 0 Å². The largest absolute Gasteiger partial charge is 0.473 e. The molecule has 4 atom stereocenters. The number of likely N-dealkylation sites (N-methyl/N-ethyl adjacent to an activating group) is 1. The predicted molar refractivity (Wildman–Crippen MR) is 181 cm³/mol. The highest BCUT2D eigenvalue weighted by Gasteiger charge is 2.49. The Kier molecular flexibility index (Phi) is 7.43. The van der Waals surface area contributed by atoms with E-state index < -0.39 is 5.41 Å². The number of anilines is 1. The van der Waals surface area contributed by atoms with Crippen molar-refractivity contribution in [1.29, 1.82) is 5.26 Å². The van der Waals surface area contributed by atoms with Gasteiger partial charge in [0.15, 0.2) is 23.1 Å². The molecule has 0 amide bonds. The highest BCUT2D eigenvalue weighted by molar-refractivity contribution is 5.68. The molecule has 6 heterocycles. The zero-order valence-electron chi connectivity index (χ0n) is 28.2. The van der Waals surface area contributed by atoms with Gasteiger partial charge in [0.2, 0.25) is 5.88 Å². The molecule has 2 aliphatic carbocycles. The Bertz CT molecular complexity index is 2120. The van der Waals surface area contributed by atoms with E-state index in [-0.39, 0.29) is 18.2 Å². The minimum Gasteiger partial charge on any atom is -0.473 e. The van der Waals surface area contributed by atoms with Crippen LogP contribution in [0, 0.1) is 11.3 Å². The molecule has 4 aliphatic rings. The summed E-state index contributed by atoms with van der Waals surface area (Å²) in [6, 6.07) is 10.5. The number of benzene rings is 1. The fourth-order valence-electron chi connectivity index (χ4n) is 8.65. The van der Waals surface area contributed by atoms with E-state index in [9.17, 15) is 5.26 Å². The fourth-order valence-corrected chi connectivity index (χ4v) is 8.65. The van der Waals surface area contributed by atoms with Crippen molar-refractivity contribution in [3.63, 3.8) is 0 Å². The lowest BCUT2D eigenvalue weighted by molar-refractivity contribution is 0.117. The topological polar surface area (TPSA) is 172 Å². The van der Waals surface area contributed by atoms with E-state index in [1.165, 1.54) is 0 Å². The van der Waals surface area contributed by atoms with Crippen LogP contribution in [0.4, 0.5) is 5.69 Å². The molecule has 2 N–H and O–H groups in total. The molecule has 0 bridgehead atoms. The lowest BCUT2D eigenvalue weighted by Gasteiger charge is -2.33. The van der Waals surface area contributed by atoms with Crippen LogP contribution in [0.3, 0.4) is 0 Å². The molecule has 1 spiro atoms. The smallest absolute Gasteiger partial charge is 0.219 e. The Morgan fingerprint density at radius 3 is 2.86 bits per heavy atom. The van der Waals surface area contributed by atoms with Crippen LogP contribution in [0.5, 0.6) is 5.88 Å². The first-order valence-electron chi connectivity index (χ1n) is 17.5. The molecular formula is C36H39N11O3. The van der Waals surface area contributed by atoms with Gasteiger partial charge >= 0.3 is 0 Å². The van der Waals surface area contributed by atoms with E-state index in [2.05, 4.69) is 40.4 Å².